The quantitative estimate of drug-likeness (QED) is 0.266. The molecule has 0 atom stereocenters. The summed E-state index contributed by atoms with van der Waals surface area (Å²) in [4.78, 5) is 13.8. The molecule has 1 rings (SSSR count). The van der Waals surface area contributed by atoms with Gasteiger partial charge in [-0.1, -0.05) is 0 Å². The molecule has 0 aliphatic carbocycles. The van der Waals surface area contributed by atoms with Gasteiger partial charge in [0, 0.05) is 17.7 Å². The minimum absolute atomic E-state index is 0.152. The van der Waals surface area contributed by atoms with E-state index in [0.29, 0.717) is 10.9 Å². The van der Waals surface area contributed by atoms with Crippen LogP contribution in [-0.2, 0) is 0 Å². The highest BCUT2D eigenvalue weighted by Crippen LogP contribution is 2.22. The second kappa shape index (κ2) is 6.30. The Kier molecular flexibility index (Phi) is 5.02. The first-order valence-electron chi connectivity index (χ1n) is 4.43. The lowest BCUT2D eigenvalue weighted by Crippen LogP contribution is -1.96. The minimum atomic E-state index is -0.612. The number of nitriles is 1. The summed E-state index contributed by atoms with van der Waals surface area (Å²) in [7, 11) is 0. The second-order valence-corrected chi connectivity index (χ2v) is 4.27. The Morgan fingerprint density at radius 1 is 1.62 bits per heavy atom. The van der Waals surface area contributed by atoms with Crippen molar-refractivity contribution in [2.24, 2.45) is 0 Å². The molecule has 1 aromatic heterocycles. The van der Waals surface area contributed by atoms with Crippen LogP contribution < -0.4 is 0 Å². The van der Waals surface area contributed by atoms with Crippen LogP contribution in [0.5, 0.6) is 0 Å². The summed E-state index contributed by atoms with van der Waals surface area (Å²) in [6.45, 7) is 0. The van der Waals surface area contributed by atoms with E-state index in [1.807, 2.05) is 0 Å². The van der Waals surface area contributed by atoms with Crippen molar-refractivity contribution in [3.05, 3.63) is 27.9 Å². The van der Waals surface area contributed by atoms with Gasteiger partial charge in [-0.05, 0) is 12.5 Å². The molecule has 0 N–H and O–H groups in total. The average Bonchev–Trinajstić information content (AvgIpc) is 2.29. The Hall–Kier alpha value is -1.32. The van der Waals surface area contributed by atoms with E-state index in [4.69, 9.17) is 16.9 Å². The zero-order valence-corrected chi connectivity index (χ0v) is 9.79. The van der Waals surface area contributed by atoms with E-state index >= 15 is 0 Å². The molecule has 0 aromatic carbocycles. The third-order valence-corrected chi connectivity index (χ3v) is 2.96. The van der Waals surface area contributed by atoms with Gasteiger partial charge in [-0.25, -0.2) is 4.98 Å². The minimum Gasteiger partial charge on any atom is -0.258 e. The first-order chi connectivity index (χ1) is 7.69. The molecule has 5 nitrogen and oxygen atoms in total. The number of halogens is 1. The monoisotopic (exact) mass is 257 g/mol. The maximum absolute atomic E-state index is 10.5. The molecule has 0 aliphatic heterocycles. The molecule has 0 aliphatic rings. The number of alkyl halides is 1. The van der Waals surface area contributed by atoms with Gasteiger partial charge in [0.05, 0.1) is 9.95 Å². The van der Waals surface area contributed by atoms with Crippen molar-refractivity contribution in [3.63, 3.8) is 0 Å². The van der Waals surface area contributed by atoms with Crippen molar-refractivity contribution in [3.8, 4) is 6.07 Å². The molecular formula is C9H8ClN3O2S. The van der Waals surface area contributed by atoms with Crippen LogP contribution in [0.25, 0.3) is 0 Å². The van der Waals surface area contributed by atoms with Crippen molar-refractivity contribution in [1.82, 2.24) is 4.98 Å². The van der Waals surface area contributed by atoms with Gasteiger partial charge in [0.25, 0.3) is 0 Å². The molecule has 0 radical (unpaired) electrons. The van der Waals surface area contributed by atoms with Crippen LogP contribution in [0.4, 0.5) is 5.69 Å². The number of aromatic nitrogens is 1. The van der Waals surface area contributed by atoms with Crippen molar-refractivity contribution < 1.29 is 4.92 Å². The van der Waals surface area contributed by atoms with Gasteiger partial charge >= 0.3 is 5.69 Å². The summed E-state index contributed by atoms with van der Waals surface area (Å²) in [6, 6.07) is 4.56. The first-order valence-corrected chi connectivity index (χ1v) is 5.95. The smallest absolute Gasteiger partial charge is 0.258 e. The summed E-state index contributed by atoms with van der Waals surface area (Å²) >= 11 is 6.94. The topological polar surface area (TPSA) is 79.8 Å². The highest BCUT2D eigenvalue weighted by molar-refractivity contribution is 7.99. The third kappa shape index (κ3) is 3.36. The summed E-state index contributed by atoms with van der Waals surface area (Å²) in [5.41, 5.74) is -0.412. The molecule has 0 amide bonds. The van der Waals surface area contributed by atoms with E-state index in [-0.39, 0.29) is 11.4 Å². The van der Waals surface area contributed by atoms with E-state index in [1.165, 1.54) is 23.9 Å². The summed E-state index contributed by atoms with van der Waals surface area (Å²) in [5.74, 6) is 1.34. The zero-order chi connectivity index (χ0) is 12.0. The fraction of sp³-hybridized carbons (Fsp3) is 0.333. The zero-order valence-electron chi connectivity index (χ0n) is 8.22. The molecule has 0 unspecified atom stereocenters. The number of rotatable bonds is 5. The highest BCUT2D eigenvalue weighted by Gasteiger charge is 2.15. The van der Waals surface area contributed by atoms with E-state index in [2.05, 4.69) is 4.98 Å². The SMILES string of the molecule is N#Cc1nc(SCCCCl)ccc1[N+](=O)[O-]. The van der Waals surface area contributed by atoms with Crippen molar-refractivity contribution in [1.29, 1.82) is 5.26 Å². The van der Waals surface area contributed by atoms with Crippen molar-refractivity contribution >= 4 is 29.1 Å². The lowest BCUT2D eigenvalue weighted by Gasteiger charge is -2.00. The normalized spacial score (nSPS) is 9.75. The third-order valence-electron chi connectivity index (χ3n) is 1.68. The number of hydrogen-bond donors (Lipinski definition) is 0. The van der Waals surface area contributed by atoms with Gasteiger partial charge in [0.2, 0.25) is 5.69 Å². The molecule has 0 saturated heterocycles. The van der Waals surface area contributed by atoms with E-state index in [0.717, 1.165) is 12.2 Å². The summed E-state index contributed by atoms with van der Waals surface area (Å²) < 4.78 is 0. The molecule has 0 spiro atoms. The Balaban J connectivity index is 2.84. The van der Waals surface area contributed by atoms with Gasteiger partial charge in [-0.2, -0.15) is 5.26 Å². The predicted molar refractivity (Wildman–Crippen MR) is 61.7 cm³/mol. The molecule has 84 valence electrons. The lowest BCUT2D eigenvalue weighted by atomic mass is 10.3. The number of nitrogens with zero attached hydrogens (tertiary/aromatic N) is 3. The van der Waals surface area contributed by atoms with Crippen LogP contribution in [0.3, 0.4) is 0 Å². The van der Waals surface area contributed by atoms with Gasteiger partial charge < -0.3 is 0 Å². The Morgan fingerprint density at radius 3 is 2.94 bits per heavy atom. The number of thioether (sulfide) groups is 1. The van der Waals surface area contributed by atoms with E-state index in [1.54, 1.807) is 6.07 Å². The Morgan fingerprint density at radius 2 is 2.38 bits per heavy atom. The molecule has 0 bridgehead atoms. The molecule has 1 heterocycles. The molecular weight excluding hydrogens is 250 g/mol. The maximum Gasteiger partial charge on any atom is 0.305 e. The largest absolute Gasteiger partial charge is 0.305 e. The fourth-order valence-corrected chi connectivity index (χ4v) is 2.09. The summed E-state index contributed by atoms with van der Waals surface area (Å²) in [5, 5.41) is 19.9. The number of hydrogen-bond acceptors (Lipinski definition) is 5. The van der Waals surface area contributed by atoms with Gasteiger partial charge in [0.1, 0.15) is 6.07 Å². The maximum atomic E-state index is 10.5. The second-order valence-electron chi connectivity index (χ2n) is 2.78. The summed E-state index contributed by atoms with van der Waals surface area (Å²) in [6.07, 6.45) is 0.826. The van der Waals surface area contributed by atoms with Crippen LogP contribution in [-0.4, -0.2) is 21.5 Å². The van der Waals surface area contributed by atoms with E-state index in [9.17, 15) is 10.1 Å². The average molecular weight is 258 g/mol. The number of nitro groups is 1. The molecule has 0 fully saturated rings. The van der Waals surface area contributed by atoms with Gasteiger partial charge in [-0.3, -0.25) is 10.1 Å². The molecule has 7 heteroatoms. The highest BCUT2D eigenvalue weighted by atomic mass is 35.5. The first kappa shape index (κ1) is 12.7. The standard InChI is InChI=1S/C9H8ClN3O2S/c10-4-1-5-16-9-3-2-8(13(14)15)7(6-11)12-9/h2-3H,1,4-5H2. The van der Waals surface area contributed by atoms with Crippen molar-refractivity contribution in [2.45, 2.75) is 11.4 Å². The van der Waals surface area contributed by atoms with Crippen LogP contribution in [0.1, 0.15) is 12.1 Å². The Labute approximate surface area is 102 Å². The van der Waals surface area contributed by atoms with Crippen molar-refractivity contribution in [2.75, 3.05) is 11.6 Å². The molecule has 16 heavy (non-hydrogen) atoms. The lowest BCUT2D eigenvalue weighted by molar-refractivity contribution is -0.385. The number of pyridine rings is 1. The van der Waals surface area contributed by atoms with Gasteiger partial charge in [-0.15, -0.1) is 23.4 Å². The Bertz CT molecular complexity index is 433. The van der Waals surface area contributed by atoms with Crippen LogP contribution in [0, 0.1) is 21.4 Å². The van der Waals surface area contributed by atoms with Gasteiger partial charge in [0.15, 0.2) is 0 Å². The fourth-order valence-electron chi connectivity index (χ4n) is 0.975. The predicted octanol–water partition coefficient (Wildman–Crippen LogP) is 2.58. The van der Waals surface area contributed by atoms with Crippen LogP contribution in [0.15, 0.2) is 17.2 Å². The van der Waals surface area contributed by atoms with Crippen LogP contribution in [0.2, 0.25) is 0 Å². The molecule has 0 saturated carbocycles. The van der Waals surface area contributed by atoms with Crippen LogP contribution >= 0.6 is 23.4 Å². The van der Waals surface area contributed by atoms with E-state index < -0.39 is 4.92 Å². The molecule has 1 aromatic rings.